The molecular formula is C14H21N5. The summed E-state index contributed by atoms with van der Waals surface area (Å²) in [5.41, 5.74) is 8.20. The molecule has 2 heterocycles. The first-order chi connectivity index (χ1) is 9.11. The number of imidazole rings is 1. The van der Waals surface area contributed by atoms with Crippen LogP contribution in [0.2, 0.25) is 0 Å². The van der Waals surface area contributed by atoms with E-state index in [1.54, 1.807) is 0 Å². The summed E-state index contributed by atoms with van der Waals surface area (Å²) in [6, 6.07) is 0.919. The molecule has 3 rings (SSSR count). The van der Waals surface area contributed by atoms with Crippen molar-refractivity contribution in [2.75, 3.05) is 5.73 Å². The fourth-order valence-corrected chi connectivity index (χ4v) is 2.44. The molecule has 5 heteroatoms. The van der Waals surface area contributed by atoms with Gasteiger partial charge in [-0.05, 0) is 26.7 Å². The van der Waals surface area contributed by atoms with Crippen molar-refractivity contribution in [3.63, 3.8) is 0 Å². The lowest BCUT2D eigenvalue weighted by molar-refractivity contribution is 0.532. The molecule has 0 atom stereocenters. The minimum atomic E-state index is 0.353. The lowest BCUT2D eigenvalue weighted by Gasteiger charge is -2.06. The average molecular weight is 259 g/mol. The van der Waals surface area contributed by atoms with E-state index >= 15 is 0 Å². The Labute approximate surface area is 113 Å². The molecule has 1 saturated carbocycles. The predicted molar refractivity (Wildman–Crippen MR) is 75.9 cm³/mol. The molecule has 5 nitrogen and oxygen atoms in total. The Hall–Kier alpha value is -1.78. The maximum absolute atomic E-state index is 6.30. The molecule has 0 unspecified atom stereocenters. The molecule has 0 spiro atoms. The Morgan fingerprint density at radius 2 is 2.16 bits per heavy atom. The number of nitrogens with zero attached hydrogens (tertiary/aromatic N) is 4. The van der Waals surface area contributed by atoms with Gasteiger partial charge in [0.05, 0.1) is 6.20 Å². The highest BCUT2D eigenvalue weighted by Gasteiger charge is 2.29. The van der Waals surface area contributed by atoms with Gasteiger partial charge in [-0.15, -0.1) is 0 Å². The van der Waals surface area contributed by atoms with E-state index in [1.165, 1.54) is 12.8 Å². The molecule has 1 aliphatic carbocycles. The number of hydrogen-bond acceptors (Lipinski definition) is 3. The molecule has 0 radical (unpaired) electrons. The minimum absolute atomic E-state index is 0.353. The molecule has 0 saturated heterocycles. The van der Waals surface area contributed by atoms with Crippen molar-refractivity contribution in [1.82, 2.24) is 19.3 Å². The van der Waals surface area contributed by atoms with Crippen LogP contribution in [-0.4, -0.2) is 19.3 Å². The van der Waals surface area contributed by atoms with Crippen LogP contribution in [0.4, 0.5) is 5.82 Å². The lowest BCUT2D eigenvalue weighted by Crippen LogP contribution is -2.04. The zero-order valence-electron chi connectivity index (χ0n) is 11.8. The average Bonchev–Trinajstić information content (AvgIpc) is 2.99. The molecule has 102 valence electrons. The van der Waals surface area contributed by atoms with Gasteiger partial charge in [0.15, 0.2) is 0 Å². The summed E-state index contributed by atoms with van der Waals surface area (Å²) >= 11 is 0. The summed E-state index contributed by atoms with van der Waals surface area (Å²) in [6.07, 6.45) is 7.24. The number of anilines is 1. The highest BCUT2D eigenvalue weighted by atomic mass is 15.3. The molecule has 2 aromatic rings. The fraction of sp³-hybridized carbons (Fsp3) is 0.571. The van der Waals surface area contributed by atoms with E-state index in [-0.39, 0.29) is 0 Å². The van der Waals surface area contributed by atoms with Gasteiger partial charge in [-0.25, -0.2) is 4.98 Å². The third-order valence-electron chi connectivity index (χ3n) is 3.65. The van der Waals surface area contributed by atoms with Crippen LogP contribution in [0.3, 0.4) is 0 Å². The third kappa shape index (κ3) is 2.03. The van der Waals surface area contributed by atoms with E-state index < -0.39 is 0 Å². The van der Waals surface area contributed by atoms with Gasteiger partial charge in [-0.3, -0.25) is 4.68 Å². The standard InChI is InChI=1S/C14H21N5/c1-4-12-17-13(14(15)19(12)11-5-6-11)10-7-16-18(8-10)9(2)3/h7-9,11H,4-6,15H2,1-3H3. The van der Waals surface area contributed by atoms with E-state index in [2.05, 4.69) is 30.4 Å². The van der Waals surface area contributed by atoms with Gasteiger partial charge in [0.1, 0.15) is 17.3 Å². The third-order valence-corrected chi connectivity index (χ3v) is 3.65. The van der Waals surface area contributed by atoms with Crippen LogP contribution < -0.4 is 5.73 Å². The van der Waals surface area contributed by atoms with Gasteiger partial charge in [0.2, 0.25) is 0 Å². The molecule has 2 N–H and O–H groups in total. The molecule has 2 aromatic heterocycles. The summed E-state index contributed by atoms with van der Waals surface area (Å²) in [6.45, 7) is 6.35. The molecule has 1 aliphatic rings. The van der Waals surface area contributed by atoms with Crippen molar-refractivity contribution in [1.29, 1.82) is 0 Å². The minimum Gasteiger partial charge on any atom is -0.383 e. The Balaban J connectivity index is 2.04. The van der Waals surface area contributed by atoms with Gasteiger partial charge in [-0.1, -0.05) is 6.92 Å². The number of nitrogen functional groups attached to an aromatic ring is 1. The number of hydrogen-bond donors (Lipinski definition) is 1. The zero-order chi connectivity index (χ0) is 13.6. The monoisotopic (exact) mass is 259 g/mol. The Bertz CT molecular complexity index is 589. The first kappa shape index (κ1) is 12.3. The van der Waals surface area contributed by atoms with Crippen molar-refractivity contribution < 1.29 is 0 Å². The Morgan fingerprint density at radius 3 is 2.68 bits per heavy atom. The topological polar surface area (TPSA) is 61.7 Å². The Morgan fingerprint density at radius 1 is 1.42 bits per heavy atom. The molecule has 0 bridgehead atoms. The molecular weight excluding hydrogens is 238 g/mol. The van der Waals surface area contributed by atoms with Crippen molar-refractivity contribution in [2.45, 2.75) is 52.1 Å². The van der Waals surface area contributed by atoms with Crippen molar-refractivity contribution in [3.05, 3.63) is 18.2 Å². The van der Waals surface area contributed by atoms with E-state index in [0.29, 0.717) is 12.1 Å². The molecule has 1 fully saturated rings. The van der Waals surface area contributed by atoms with E-state index in [1.807, 2.05) is 17.1 Å². The fourth-order valence-electron chi connectivity index (χ4n) is 2.44. The molecule has 0 amide bonds. The second kappa shape index (κ2) is 4.40. The van der Waals surface area contributed by atoms with Crippen molar-refractivity contribution in [3.8, 4) is 11.3 Å². The van der Waals surface area contributed by atoms with Gasteiger partial charge >= 0.3 is 0 Å². The van der Waals surface area contributed by atoms with Crippen molar-refractivity contribution >= 4 is 5.82 Å². The van der Waals surface area contributed by atoms with Gasteiger partial charge in [-0.2, -0.15) is 5.10 Å². The molecule has 0 aromatic carbocycles. The van der Waals surface area contributed by atoms with Crippen LogP contribution >= 0.6 is 0 Å². The smallest absolute Gasteiger partial charge is 0.132 e. The highest BCUT2D eigenvalue weighted by molar-refractivity contribution is 5.70. The summed E-state index contributed by atoms with van der Waals surface area (Å²) in [5, 5.41) is 4.37. The SMILES string of the molecule is CCc1nc(-c2cnn(C(C)C)c2)c(N)n1C1CC1. The van der Waals surface area contributed by atoms with Crippen LogP contribution in [-0.2, 0) is 6.42 Å². The van der Waals surface area contributed by atoms with Crippen molar-refractivity contribution in [2.24, 2.45) is 0 Å². The zero-order valence-corrected chi connectivity index (χ0v) is 11.8. The number of rotatable bonds is 4. The van der Waals surface area contributed by atoms with Gasteiger partial charge in [0.25, 0.3) is 0 Å². The van der Waals surface area contributed by atoms with Gasteiger partial charge in [0, 0.05) is 30.3 Å². The summed E-state index contributed by atoms with van der Waals surface area (Å²) in [5.74, 6) is 1.88. The summed E-state index contributed by atoms with van der Waals surface area (Å²) in [7, 11) is 0. The quantitative estimate of drug-likeness (QED) is 0.918. The highest BCUT2D eigenvalue weighted by Crippen LogP contribution is 2.40. The summed E-state index contributed by atoms with van der Waals surface area (Å²) in [4.78, 5) is 4.72. The maximum Gasteiger partial charge on any atom is 0.132 e. The van der Waals surface area contributed by atoms with E-state index in [9.17, 15) is 0 Å². The number of nitrogens with two attached hydrogens (primary N) is 1. The second-order valence-electron chi connectivity index (χ2n) is 5.52. The van der Waals surface area contributed by atoms with Crippen LogP contribution in [0.25, 0.3) is 11.3 Å². The first-order valence-electron chi connectivity index (χ1n) is 7.03. The second-order valence-corrected chi connectivity index (χ2v) is 5.52. The van der Waals surface area contributed by atoms with Gasteiger partial charge < -0.3 is 10.3 Å². The van der Waals surface area contributed by atoms with E-state index in [0.717, 1.165) is 29.3 Å². The molecule has 0 aliphatic heterocycles. The first-order valence-corrected chi connectivity index (χ1v) is 7.03. The molecule has 19 heavy (non-hydrogen) atoms. The summed E-state index contributed by atoms with van der Waals surface area (Å²) < 4.78 is 4.15. The normalized spacial score (nSPS) is 15.4. The number of aromatic nitrogens is 4. The van der Waals surface area contributed by atoms with Crippen LogP contribution in [0, 0.1) is 0 Å². The van der Waals surface area contributed by atoms with Crippen LogP contribution in [0.1, 0.15) is 51.5 Å². The Kier molecular flexibility index (Phi) is 2.84. The predicted octanol–water partition coefficient (Wildman–Crippen LogP) is 2.81. The van der Waals surface area contributed by atoms with E-state index in [4.69, 9.17) is 10.7 Å². The lowest BCUT2D eigenvalue weighted by atomic mass is 10.2. The van der Waals surface area contributed by atoms with Crippen LogP contribution in [0.5, 0.6) is 0 Å². The largest absolute Gasteiger partial charge is 0.383 e. The number of aryl methyl sites for hydroxylation is 1. The maximum atomic E-state index is 6.30. The van der Waals surface area contributed by atoms with Crippen LogP contribution in [0.15, 0.2) is 12.4 Å².